The summed E-state index contributed by atoms with van der Waals surface area (Å²) in [6.07, 6.45) is 3.00. The molecule has 0 amide bonds. The van der Waals surface area contributed by atoms with Gasteiger partial charge in [0.25, 0.3) is 0 Å². The maximum atomic E-state index is 10.6. The molecule has 2 aromatic heterocycles. The van der Waals surface area contributed by atoms with E-state index in [0.29, 0.717) is 11.4 Å². The molecule has 0 aromatic carbocycles. The molecule has 17 heavy (non-hydrogen) atoms. The van der Waals surface area contributed by atoms with E-state index in [9.17, 15) is 4.79 Å². The average molecular weight is 234 g/mol. The van der Waals surface area contributed by atoms with Gasteiger partial charge in [0.2, 0.25) is 0 Å². The van der Waals surface area contributed by atoms with Crippen LogP contribution in [0.5, 0.6) is 0 Å². The number of nitrogens with zero attached hydrogens (tertiary/aromatic N) is 6. The first kappa shape index (κ1) is 11.1. The third-order valence-electron chi connectivity index (χ3n) is 2.22. The minimum Gasteiger partial charge on any atom is -0.481 e. The summed E-state index contributed by atoms with van der Waals surface area (Å²) in [5.74, 6) is -0.416. The maximum Gasteiger partial charge on any atom is 0.305 e. The maximum absolute atomic E-state index is 10.6. The summed E-state index contributed by atoms with van der Waals surface area (Å²) < 4.78 is 1.46. The predicted octanol–water partition coefficient (Wildman–Crippen LogP) is 0.166. The molecule has 0 radical (unpaired) electrons. The highest BCUT2D eigenvalue weighted by atomic mass is 16.4. The molecule has 2 aromatic rings. The Hall–Kier alpha value is -2.38. The van der Waals surface area contributed by atoms with Crippen molar-refractivity contribution in [1.29, 1.82) is 0 Å². The van der Waals surface area contributed by atoms with Crippen LogP contribution in [0.3, 0.4) is 0 Å². The lowest BCUT2D eigenvalue weighted by molar-refractivity contribution is -0.137. The summed E-state index contributed by atoms with van der Waals surface area (Å²) in [7, 11) is 0. The van der Waals surface area contributed by atoms with Crippen molar-refractivity contribution < 1.29 is 9.90 Å². The highest BCUT2D eigenvalue weighted by Gasteiger charge is 2.17. The van der Waals surface area contributed by atoms with Gasteiger partial charge in [-0.15, -0.1) is 5.10 Å². The van der Waals surface area contributed by atoms with Crippen LogP contribution in [0.2, 0.25) is 0 Å². The molecule has 1 atom stereocenters. The summed E-state index contributed by atoms with van der Waals surface area (Å²) in [6, 6.07) is 1.38. The number of carbonyl (C=O) groups is 1. The quantitative estimate of drug-likeness (QED) is 0.803. The molecule has 0 saturated heterocycles. The van der Waals surface area contributed by atoms with Gasteiger partial charge in [0.05, 0.1) is 24.9 Å². The van der Waals surface area contributed by atoms with Gasteiger partial charge in [-0.05, 0) is 23.4 Å². The first-order valence-electron chi connectivity index (χ1n) is 4.95. The predicted molar refractivity (Wildman–Crippen MR) is 55.8 cm³/mol. The van der Waals surface area contributed by atoms with E-state index in [-0.39, 0.29) is 12.5 Å². The molecule has 2 heterocycles. The molecule has 0 aliphatic carbocycles. The van der Waals surface area contributed by atoms with Gasteiger partial charge in [-0.2, -0.15) is 10.2 Å². The molecule has 1 unspecified atom stereocenters. The normalized spacial score (nSPS) is 12.3. The number of tetrazole rings is 1. The summed E-state index contributed by atoms with van der Waals surface area (Å²) in [4.78, 5) is 10.6. The summed E-state index contributed by atoms with van der Waals surface area (Å²) in [6.45, 7) is 1.74. The van der Waals surface area contributed by atoms with Crippen molar-refractivity contribution in [3.63, 3.8) is 0 Å². The van der Waals surface area contributed by atoms with Gasteiger partial charge in [-0.1, -0.05) is 0 Å². The number of hydrogen-bond acceptors (Lipinski definition) is 6. The Morgan fingerprint density at radius 3 is 3.00 bits per heavy atom. The Morgan fingerprint density at radius 1 is 1.53 bits per heavy atom. The molecular weight excluding hydrogens is 224 g/mol. The van der Waals surface area contributed by atoms with Crippen molar-refractivity contribution in [2.45, 2.75) is 19.4 Å². The monoisotopic (exact) mass is 234 g/mol. The number of carboxylic acid groups (broad SMARTS) is 1. The van der Waals surface area contributed by atoms with E-state index in [1.165, 1.54) is 17.1 Å². The lowest BCUT2D eigenvalue weighted by Gasteiger charge is -2.10. The van der Waals surface area contributed by atoms with Crippen LogP contribution in [0.1, 0.15) is 19.4 Å². The zero-order chi connectivity index (χ0) is 12.3. The molecule has 1 N–H and O–H groups in total. The van der Waals surface area contributed by atoms with E-state index < -0.39 is 5.97 Å². The molecule has 0 bridgehead atoms. The van der Waals surface area contributed by atoms with Crippen molar-refractivity contribution in [1.82, 2.24) is 30.4 Å². The van der Waals surface area contributed by atoms with E-state index in [0.717, 1.165) is 0 Å². The third-order valence-corrected chi connectivity index (χ3v) is 2.22. The Bertz CT molecular complexity index is 511. The SMILES string of the molecule is CC(CC(=O)O)n1nnnc1-c1ccnnc1. The van der Waals surface area contributed by atoms with Crippen molar-refractivity contribution in [2.75, 3.05) is 0 Å². The zero-order valence-corrected chi connectivity index (χ0v) is 9.06. The topological polar surface area (TPSA) is 107 Å². The fourth-order valence-electron chi connectivity index (χ4n) is 1.44. The Kier molecular flexibility index (Phi) is 3.03. The van der Waals surface area contributed by atoms with Crippen LogP contribution in [0.25, 0.3) is 11.4 Å². The van der Waals surface area contributed by atoms with Gasteiger partial charge in [-0.3, -0.25) is 4.79 Å². The molecular formula is C9H10N6O2. The molecule has 8 heteroatoms. The number of aliphatic carboxylic acids is 1. The first-order valence-corrected chi connectivity index (χ1v) is 4.95. The number of aromatic nitrogens is 6. The Balaban J connectivity index is 2.32. The van der Waals surface area contributed by atoms with Gasteiger partial charge in [-0.25, -0.2) is 4.68 Å². The van der Waals surface area contributed by atoms with Crippen molar-refractivity contribution in [3.8, 4) is 11.4 Å². The Labute approximate surface area is 96.3 Å². The number of rotatable bonds is 4. The Morgan fingerprint density at radius 2 is 2.35 bits per heavy atom. The van der Waals surface area contributed by atoms with Crippen LogP contribution < -0.4 is 0 Å². The minimum atomic E-state index is -0.896. The van der Waals surface area contributed by atoms with Gasteiger partial charge in [0.1, 0.15) is 0 Å². The molecule has 88 valence electrons. The fourth-order valence-corrected chi connectivity index (χ4v) is 1.44. The van der Waals surface area contributed by atoms with Crippen molar-refractivity contribution in [3.05, 3.63) is 18.5 Å². The zero-order valence-electron chi connectivity index (χ0n) is 9.06. The first-order chi connectivity index (χ1) is 8.18. The van der Waals surface area contributed by atoms with E-state index in [2.05, 4.69) is 25.7 Å². The molecule has 0 fully saturated rings. The van der Waals surface area contributed by atoms with Gasteiger partial charge >= 0.3 is 5.97 Å². The largest absolute Gasteiger partial charge is 0.481 e. The fraction of sp³-hybridized carbons (Fsp3) is 0.333. The van der Waals surface area contributed by atoms with Crippen LogP contribution in [0.4, 0.5) is 0 Å². The van der Waals surface area contributed by atoms with Gasteiger partial charge in [0, 0.05) is 5.56 Å². The molecule has 2 rings (SSSR count). The highest BCUT2D eigenvalue weighted by molar-refractivity contribution is 5.67. The molecule has 0 saturated carbocycles. The van der Waals surface area contributed by atoms with Crippen LogP contribution in [0, 0.1) is 0 Å². The minimum absolute atomic E-state index is 0.0451. The number of carboxylic acids is 1. The van der Waals surface area contributed by atoms with Crippen LogP contribution >= 0.6 is 0 Å². The van der Waals surface area contributed by atoms with Crippen LogP contribution in [0.15, 0.2) is 18.5 Å². The van der Waals surface area contributed by atoms with E-state index in [1.54, 1.807) is 13.0 Å². The lowest BCUT2D eigenvalue weighted by atomic mass is 10.2. The van der Waals surface area contributed by atoms with E-state index in [4.69, 9.17) is 5.11 Å². The standard InChI is InChI=1S/C9H10N6O2/c1-6(4-8(16)17)15-9(12-13-14-15)7-2-3-10-11-5-7/h2-3,5-6H,4H2,1H3,(H,16,17). The average Bonchev–Trinajstić information content (AvgIpc) is 2.78. The van der Waals surface area contributed by atoms with Gasteiger partial charge in [0.15, 0.2) is 5.82 Å². The summed E-state index contributed by atoms with van der Waals surface area (Å²) in [5, 5.41) is 27.3. The highest BCUT2D eigenvalue weighted by Crippen LogP contribution is 2.18. The van der Waals surface area contributed by atoms with E-state index in [1.807, 2.05) is 0 Å². The van der Waals surface area contributed by atoms with Crippen molar-refractivity contribution in [2.24, 2.45) is 0 Å². The second-order valence-corrected chi connectivity index (χ2v) is 3.53. The second-order valence-electron chi connectivity index (χ2n) is 3.53. The molecule has 0 aliphatic heterocycles. The van der Waals surface area contributed by atoms with Crippen LogP contribution in [-0.4, -0.2) is 41.5 Å². The smallest absolute Gasteiger partial charge is 0.305 e. The summed E-state index contributed by atoms with van der Waals surface area (Å²) >= 11 is 0. The molecule has 0 aliphatic rings. The number of hydrogen-bond donors (Lipinski definition) is 1. The summed E-state index contributed by atoms with van der Waals surface area (Å²) in [5.41, 5.74) is 0.697. The van der Waals surface area contributed by atoms with E-state index >= 15 is 0 Å². The lowest BCUT2D eigenvalue weighted by Crippen LogP contribution is -2.13. The molecule has 8 nitrogen and oxygen atoms in total. The second kappa shape index (κ2) is 4.64. The van der Waals surface area contributed by atoms with Gasteiger partial charge < -0.3 is 5.11 Å². The van der Waals surface area contributed by atoms with Crippen LogP contribution in [-0.2, 0) is 4.79 Å². The molecule has 0 spiro atoms. The third kappa shape index (κ3) is 2.41. The van der Waals surface area contributed by atoms with Crippen molar-refractivity contribution >= 4 is 5.97 Å².